The maximum absolute atomic E-state index is 6.70. The quantitative estimate of drug-likeness (QED) is 0.590. The number of oxime groups is 1. The van der Waals surface area contributed by atoms with E-state index < -0.39 is 0 Å². The summed E-state index contributed by atoms with van der Waals surface area (Å²) in [5.41, 5.74) is 3.38. The van der Waals surface area contributed by atoms with Gasteiger partial charge in [0.2, 0.25) is 6.29 Å². The Morgan fingerprint density at radius 2 is 1.66 bits per heavy atom. The molecule has 4 rings (SSSR count). The van der Waals surface area contributed by atoms with Gasteiger partial charge >= 0.3 is 0 Å². The van der Waals surface area contributed by atoms with E-state index in [-0.39, 0.29) is 18.3 Å². The average Bonchev–Trinajstić information content (AvgIpc) is 2.75. The highest BCUT2D eigenvalue weighted by molar-refractivity contribution is 6.01. The van der Waals surface area contributed by atoms with Crippen LogP contribution in [0.15, 0.2) is 65.8 Å². The van der Waals surface area contributed by atoms with Gasteiger partial charge in [-0.2, -0.15) is 0 Å². The van der Waals surface area contributed by atoms with Gasteiger partial charge < -0.3 is 9.57 Å². The lowest BCUT2D eigenvalue weighted by Crippen LogP contribution is -2.40. The van der Waals surface area contributed by atoms with E-state index in [4.69, 9.17) is 9.57 Å². The molecular formula is C26H33NO2. The molecule has 29 heavy (non-hydrogen) atoms. The predicted octanol–water partition coefficient (Wildman–Crippen LogP) is 6.40. The highest BCUT2D eigenvalue weighted by Crippen LogP contribution is 2.39. The smallest absolute Gasteiger partial charge is 0.234 e. The van der Waals surface area contributed by atoms with Crippen molar-refractivity contribution in [2.75, 3.05) is 0 Å². The lowest BCUT2D eigenvalue weighted by atomic mass is 9.75. The maximum atomic E-state index is 6.70. The molecule has 0 saturated heterocycles. The van der Waals surface area contributed by atoms with E-state index in [9.17, 15) is 0 Å². The number of hydrogen-bond acceptors (Lipinski definition) is 3. The molecule has 0 unspecified atom stereocenters. The summed E-state index contributed by atoms with van der Waals surface area (Å²) in [7, 11) is 0. The second-order valence-electron chi connectivity index (χ2n) is 9.10. The van der Waals surface area contributed by atoms with Crippen LogP contribution in [0.1, 0.15) is 63.5 Å². The van der Waals surface area contributed by atoms with Gasteiger partial charge in [-0.05, 0) is 41.7 Å². The van der Waals surface area contributed by atoms with Crippen LogP contribution in [0.3, 0.4) is 0 Å². The number of rotatable bonds is 5. The summed E-state index contributed by atoms with van der Waals surface area (Å²) < 4.78 is 6.70. The van der Waals surface area contributed by atoms with Crippen molar-refractivity contribution in [3.63, 3.8) is 0 Å². The van der Waals surface area contributed by atoms with E-state index in [1.807, 2.05) is 6.07 Å². The van der Waals surface area contributed by atoms with E-state index in [1.54, 1.807) is 0 Å². The Morgan fingerprint density at radius 3 is 2.34 bits per heavy atom. The summed E-state index contributed by atoms with van der Waals surface area (Å²) in [4.78, 5) is 6.04. The molecule has 0 spiro atoms. The molecule has 1 heterocycles. The van der Waals surface area contributed by atoms with E-state index >= 15 is 0 Å². The molecule has 2 aromatic carbocycles. The van der Waals surface area contributed by atoms with Gasteiger partial charge in [-0.25, -0.2) is 0 Å². The van der Waals surface area contributed by atoms with E-state index in [2.05, 4.69) is 80.5 Å². The lowest BCUT2D eigenvalue weighted by molar-refractivity contribution is -0.210. The summed E-state index contributed by atoms with van der Waals surface area (Å²) in [5.74, 6) is 2.06. The highest BCUT2D eigenvalue weighted by Gasteiger charge is 2.38. The fourth-order valence-corrected chi connectivity index (χ4v) is 4.87. The molecule has 1 aliphatic heterocycles. The van der Waals surface area contributed by atoms with Crippen LogP contribution in [0.25, 0.3) is 0 Å². The van der Waals surface area contributed by atoms with E-state index in [0.29, 0.717) is 17.8 Å². The van der Waals surface area contributed by atoms with Gasteiger partial charge in [0.05, 0.1) is 17.7 Å². The van der Waals surface area contributed by atoms with Gasteiger partial charge in [-0.3, -0.25) is 0 Å². The molecule has 0 aromatic heterocycles. The van der Waals surface area contributed by atoms with Crippen LogP contribution in [0.4, 0.5) is 0 Å². The van der Waals surface area contributed by atoms with Crippen molar-refractivity contribution in [3.05, 3.63) is 71.8 Å². The Kier molecular flexibility index (Phi) is 6.34. The van der Waals surface area contributed by atoms with Crippen molar-refractivity contribution >= 4 is 5.71 Å². The van der Waals surface area contributed by atoms with Gasteiger partial charge in [0, 0.05) is 6.42 Å². The minimum Gasteiger partial charge on any atom is -0.363 e. The minimum atomic E-state index is -0.332. The molecule has 2 aliphatic rings. The molecule has 2 aromatic rings. The SMILES string of the molecule is CC(C)[C@@H]1CC[C@@H](C)C[C@H]1O[C@@H]1ON=C(c2ccccc2)C[C@H]1c1ccccc1. The zero-order chi connectivity index (χ0) is 20.2. The van der Waals surface area contributed by atoms with E-state index in [0.717, 1.165) is 24.1 Å². The molecule has 0 amide bonds. The zero-order valence-electron chi connectivity index (χ0n) is 17.8. The minimum absolute atomic E-state index is 0.147. The molecule has 1 saturated carbocycles. The summed E-state index contributed by atoms with van der Waals surface area (Å²) in [5, 5.41) is 4.50. The molecule has 1 fully saturated rings. The van der Waals surface area contributed by atoms with E-state index in [1.165, 1.54) is 18.4 Å². The van der Waals surface area contributed by atoms with Gasteiger partial charge in [0.15, 0.2) is 0 Å². The molecule has 154 valence electrons. The summed E-state index contributed by atoms with van der Waals surface area (Å²) >= 11 is 0. The number of nitrogens with zero attached hydrogens (tertiary/aromatic N) is 1. The number of ether oxygens (including phenoxy) is 1. The molecule has 5 atom stereocenters. The van der Waals surface area contributed by atoms with Crippen molar-refractivity contribution in [3.8, 4) is 0 Å². The molecule has 0 N–H and O–H groups in total. The first-order valence-corrected chi connectivity index (χ1v) is 11.1. The standard InChI is InChI=1S/C26H33NO2/c1-18(2)22-15-14-19(3)16-25(22)28-26-23(20-10-6-4-7-11-20)17-24(27-29-26)21-12-8-5-9-13-21/h4-13,18-19,22-23,25-26H,14-17H2,1-3H3/t19-,22+,23+,25-,26-/m1/s1. The second kappa shape index (κ2) is 9.13. The Bertz CT molecular complexity index is 802. The van der Waals surface area contributed by atoms with Crippen LogP contribution >= 0.6 is 0 Å². The normalized spacial score (nSPS) is 29.9. The first-order chi connectivity index (χ1) is 14.1. The monoisotopic (exact) mass is 391 g/mol. The largest absolute Gasteiger partial charge is 0.363 e. The molecule has 3 heteroatoms. The van der Waals surface area contributed by atoms with Crippen molar-refractivity contribution in [1.29, 1.82) is 0 Å². The molecule has 3 nitrogen and oxygen atoms in total. The third-order valence-electron chi connectivity index (χ3n) is 6.61. The lowest BCUT2D eigenvalue weighted by Gasteiger charge is -2.40. The topological polar surface area (TPSA) is 30.8 Å². The fraction of sp³-hybridized carbons (Fsp3) is 0.500. The first-order valence-electron chi connectivity index (χ1n) is 11.1. The van der Waals surface area contributed by atoms with Crippen molar-refractivity contribution < 1.29 is 9.57 Å². The molecule has 0 bridgehead atoms. The van der Waals surface area contributed by atoms with Crippen molar-refractivity contribution in [2.24, 2.45) is 22.9 Å². The van der Waals surface area contributed by atoms with Gasteiger partial charge in [0.25, 0.3) is 0 Å². The Balaban J connectivity index is 1.59. The fourth-order valence-electron chi connectivity index (χ4n) is 4.87. The maximum Gasteiger partial charge on any atom is 0.234 e. The van der Waals surface area contributed by atoms with Crippen LogP contribution in [0.2, 0.25) is 0 Å². The van der Waals surface area contributed by atoms with Gasteiger partial charge in [-0.1, -0.05) is 93.0 Å². The van der Waals surface area contributed by atoms with Crippen LogP contribution in [0.5, 0.6) is 0 Å². The number of hydrogen-bond donors (Lipinski definition) is 0. The first kappa shape index (κ1) is 20.2. The van der Waals surface area contributed by atoms with Crippen LogP contribution in [-0.2, 0) is 9.57 Å². The van der Waals surface area contributed by atoms with Crippen LogP contribution in [0, 0.1) is 17.8 Å². The summed E-state index contributed by atoms with van der Waals surface area (Å²) in [6, 6.07) is 21.0. The van der Waals surface area contributed by atoms with Crippen molar-refractivity contribution in [1.82, 2.24) is 0 Å². The highest BCUT2D eigenvalue weighted by atomic mass is 16.8. The Morgan fingerprint density at radius 1 is 0.966 bits per heavy atom. The second-order valence-corrected chi connectivity index (χ2v) is 9.10. The molecule has 0 radical (unpaired) electrons. The Hall–Kier alpha value is -2.13. The van der Waals surface area contributed by atoms with Crippen LogP contribution < -0.4 is 0 Å². The van der Waals surface area contributed by atoms with Crippen molar-refractivity contribution in [2.45, 2.75) is 64.8 Å². The zero-order valence-corrected chi connectivity index (χ0v) is 17.8. The average molecular weight is 392 g/mol. The third kappa shape index (κ3) is 4.72. The summed E-state index contributed by atoms with van der Waals surface area (Å²) in [6.45, 7) is 6.98. The third-order valence-corrected chi connectivity index (χ3v) is 6.61. The van der Waals surface area contributed by atoms with Gasteiger partial charge in [0.1, 0.15) is 0 Å². The number of benzene rings is 2. The van der Waals surface area contributed by atoms with Crippen LogP contribution in [-0.4, -0.2) is 18.1 Å². The predicted molar refractivity (Wildman–Crippen MR) is 118 cm³/mol. The van der Waals surface area contributed by atoms with Gasteiger partial charge in [-0.15, -0.1) is 0 Å². The Labute approximate surface area is 175 Å². The summed E-state index contributed by atoms with van der Waals surface area (Å²) in [6.07, 6.45) is 4.38. The molecule has 1 aliphatic carbocycles. The molecular weight excluding hydrogens is 358 g/mol.